The third-order valence-corrected chi connectivity index (χ3v) is 17.0. The summed E-state index contributed by atoms with van der Waals surface area (Å²) in [5.41, 5.74) is 12.2. The Kier molecular flexibility index (Phi) is 8.21. The molecule has 5 heterocycles. The van der Waals surface area contributed by atoms with E-state index in [-0.39, 0.29) is 10.3 Å². The molecular formula is C34H41BrN4O2SSi. The third kappa shape index (κ3) is 5.94. The number of nitrogens with zero attached hydrogens (tertiary/aromatic N) is 2. The fraction of sp³-hybridized carbons (Fsp3) is 0.412. The van der Waals surface area contributed by atoms with E-state index in [1.54, 1.807) is 12.1 Å². The predicted octanol–water partition coefficient (Wildman–Crippen LogP) is 8.70. The first-order chi connectivity index (χ1) is 20.0. The molecule has 43 heavy (non-hydrogen) atoms. The van der Waals surface area contributed by atoms with Crippen LogP contribution in [0.1, 0.15) is 83.7 Å². The average molecular weight is 678 g/mol. The average Bonchev–Trinajstić information content (AvgIpc) is 3.62. The van der Waals surface area contributed by atoms with Gasteiger partial charge in [-0.1, -0.05) is 61.3 Å². The summed E-state index contributed by atoms with van der Waals surface area (Å²) in [6.45, 7) is 18.3. The first-order valence-electron chi connectivity index (χ1n) is 14.9. The van der Waals surface area contributed by atoms with E-state index in [2.05, 4.69) is 105 Å². The van der Waals surface area contributed by atoms with Crippen LogP contribution in [-0.2, 0) is 21.7 Å². The quantitative estimate of drug-likeness (QED) is 0.214. The van der Waals surface area contributed by atoms with Crippen LogP contribution in [0.25, 0.3) is 32.6 Å². The van der Waals surface area contributed by atoms with Crippen molar-refractivity contribution in [1.82, 2.24) is 19.9 Å². The van der Waals surface area contributed by atoms with Crippen LogP contribution in [0.5, 0.6) is 0 Å². The molecule has 0 saturated carbocycles. The summed E-state index contributed by atoms with van der Waals surface area (Å²) in [6.07, 6.45) is 3.73. The monoisotopic (exact) mass is 676 g/mol. The van der Waals surface area contributed by atoms with Crippen LogP contribution in [-0.4, -0.2) is 42.7 Å². The largest absolute Gasteiger partial charge is 0.354 e. The lowest BCUT2D eigenvalue weighted by Gasteiger charge is -2.38. The number of H-pyrrole nitrogens is 2. The lowest BCUT2D eigenvalue weighted by molar-refractivity contribution is 0.543. The normalized spacial score (nSPS) is 15.1. The molecule has 0 saturated heterocycles. The fourth-order valence-electron chi connectivity index (χ4n) is 6.84. The first kappa shape index (κ1) is 31.5. The van der Waals surface area contributed by atoms with Gasteiger partial charge in [-0.2, -0.15) is 0 Å². The van der Waals surface area contributed by atoms with Crippen molar-refractivity contribution in [3.05, 3.63) is 64.7 Å². The molecule has 9 heteroatoms. The first-order valence-corrected chi connectivity index (χ1v) is 19.8. The Morgan fingerprint density at radius 2 is 1.56 bits per heavy atom. The number of rotatable bonds is 4. The zero-order chi connectivity index (χ0) is 31.5. The Morgan fingerprint density at radius 1 is 0.907 bits per heavy atom. The second-order valence-electron chi connectivity index (χ2n) is 13.5. The number of sulfone groups is 1. The van der Waals surface area contributed by atoms with Crippen molar-refractivity contribution in [2.24, 2.45) is 0 Å². The molecule has 0 amide bonds. The van der Waals surface area contributed by atoms with Crippen LogP contribution in [0.2, 0.25) is 16.6 Å². The molecule has 0 aromatic carbocycles. The van der Waals surface area contributed by atoms with Crippen LogP contribution in [0.15, 0.2) is 41.3 Å². The van der Waals surface area contributed by atoms with Crippen LogP contribution < -0.4 is 0 Å². The highest BCUT2D eigenvalue weighted by molar-refractivity contribution is 9.15. The second kappa shape index (κ2) is 11.2. The van der Waals surface area contributed by atoms with Gasteiger partial charge in [0.05, 0.1) is 22.4 Å². The van der Waals surface area contributed by atoms with Crippen LogP contribution in [0, 0.1) is 11.5 Å². The van der Waals surface area contributed by atoms with Crippen LogP contribution >= 0.6 is 15.9 Å². The number of hydrogen-bond donors (Lipinski definition) is 2. The van der Waals surface area contributed by atoms with Gasteiger partial charge >= 0.3 is 0 Å². The van der Waals surface area contributed by atoms with E-state index in [4.69, 9.17) is 9.97 Å². The summed E-state index contributed by atoms with van der Waals surface area (Å²) in [5.74, 6) is 3.63. The van der Waals surface area contributed by atoms with Gasteiger partial charge in [-0.05, 0) is 75.0 Å². The molecule has 2 aliphatic heterocycles. The Bertz CT molecular complexity index is 1950. The molecule has 0 aliphatic carbocycles. The highest BCUT2D eigenvalue weighted by atomic mass is 79.9. The fourth-order valence-corrected chi connectivity index (χ4v) is 13.5. The third-order valence-electron chi connectivity index (χ3n) is 8.93. The van der Waals surface area contributed by atoms with Crippen molar-refractivity contribution in [3.63, 3.8) is 0 Å². The zero-order valence-corrected chi connectivity index (χ0v) is 29.9. The molecular weight excluding hydrogens is 636 g/mol. The lowest BCUT2D eigenvalue weighted by Crippen LogP contribution is -2.43. The van der Waals surface area contributed by atoms with Gasteiger partial charge in [0.25, 0.3) is 0 Å². The van der Waals surface area contributed by atoms with Crippen molar-refractivity contribution in [2.75, 3.05) is 6.26 Å². The number of aromatic amines is 2. The second-order valence-corrected chi connectivity index (χ2v) is 21.9. The molecule has 2 N–H and O–H groups in total. The van der Waals surface area contributed by atoms with Crippen molar-refractivity contribution in [3.8, 4) is 11.5 Å². The van der Waals surface area contributed by atoms with E-state index in [1.807, 2.05) is 18.2 Å². The Balaban J connectivity index is 1.89. The zero-order valence-electron chi connectivity index (χ0n) is 26.5. The van der Waals surface area contributed by atoms with E-state index in [9.17, 15) is 8.42 Å². The molecule has 0 fully saturated rings. The predicted molar refractivity (Wildman–Crippen MR) is 186 cm³/mol. The Hall–Kier alpha value is -2.93. The number of nitrogens with one attached hydrogen (secondary N) is 2. The number of fused-ring (bicyclic) bond motifs is 8. The van der Waals surface area contributed by atoms with Crippen LogP contribution in [0.3, 0.4) is 0 Å². The summed E-state index contributed by atoms with van der Waals surface area (Å²) >= 11 is 3.60. The van der Waals surface area contributed by atoms with Gasteiger partial charge in [-0.25, -0.2) is 13.4 Å². The summed E-state index contributed by atoms with van der Waals surface area (Å²) in [7, 11) is -5.58. The highest BCUT2D eigenvalue weighted by Crippen LogP contribution is 2.41. The maximum absolute atomic E-state index is 13.1. The molecule has 6 nitrogen and oxygen atoms in total. The summed E-state index contributed by atoms with van der Waals surface area (Å²) < 4.78 is 26.9. The van der Waals surface area contributed by atoms with Gasteiger partial charge in [0.1, 0.15) is 13.0 Å². The Labute approximate surface area is 264 Å². The van der Waals surface area contributed by atoms with Crippen molar-refractivity contribution in [2.45, 2.75) is 88.7 Å². The molecule has 0 radical (unpaired) electrons. The molecule has 2 aliphatic rings. The minimum absolute atomic E-state index is 0.155. The minimum atomic E-state index is -3.62. The minimum Gasteiger partial charge on any atom is -0.354 e. The highest BCUT2D eigenvalue weighted by Gasteiger charge is 2.41. The van der Waals surface area contributed by atoms with Gasteiger partial charge in [0, 0.05) is 50.6 Å². The number of halogens is 1. The molecule has 3 aromatic heterocycles. The van der Waals surface area contributed by atoms with Gasteiger partial charge in [0.2, 0.25) is 0 Å². The van der Waals surface area contributed by atoms with Gasteiger partial charge in [-0.3, -0.25) is 4.98 Å². The molecule has 226 valence electrons. The van der Waals surface area contributed by atoms with E-state index in [0.717, 1.165) is 44.4 Å². The van der Waals surface area contributed by atoms with E-state index >= 15 is 0 Å². The van der Waals surface area contributed by atoms with E-state index in [1.165, 1.54) is 6.26 Å². The Morgan fingerprint density at radius 3 is 2.19 bits per heavy atom. The summed E-state index contributed by atoms with van der Waals surface area (Å²) in [6, 6.07) is 11.9. The maximum Gasteiger partial charge on any atom is 0.179 e. The lowest BCUT2D eigenvalue weighted by atomic mass is 9.87. The SMILES string of the molecule is CC(C)[Si](C#Cc1cc2cc3nc(cc4nc(c(S(C)(=O)=O)c5ccc(cc1[nH]2)[nH]5)C=C4Br)CC3(C)C)(C(C)C)C(C)C. The standard InChI is InChI=1S/C34H41BrN4O2SSi/c1-20(2)43(21(3)4,22(5)6)13-12-23-14-25-17-32-34(7,8)19-26(38-32)16-30-27(35)18-31(39-30)33(42(9,40)41)28-11-10-24(36-28)15-29(23)37-25/h10-11,14-18,20-22,36-37H,19H2,1-9H3. The molecule has 0 atom stereocenters. The molecule has 5 rings (SSSR count). The van der Waals surface area contributed by atoms with Crippen molar-refractivity contribution >= 4 is 66.5 Å². The van der Waals surface area contributed by atoms with Gasteiger partial charge in [-0.15, -0.1) is 5.54 Å². The van der Waals surface area contributed by atoms with E-state index in [0.29, 0.717) is 33.5 Å². The topological polar surface area (TPSA) is 91.5 Å². The van der Waals surface area contributed by atoms with Gasteiger partial charge < -0.3 is 9.97 Å². The van der Waals surface area contributed by atoms with Gasteiger partial charge in [0.15, 0.2) is 9.84 Å². The molecule has 8 bridgehead atoms. The number of hydrogen-bond acceptors (Lipinski definition) is 4. The van der Waals surface area contributed by atoms with Crippen molar-refractivity contribution in [1.29, 1.82) is 0 Å². The smallest absolute Gasteiger partial charge is 0.179 e. The number of aromatic nitrogens is 4. The molecule has 0 spiro atoms. The molecule has 0 unspecified atom stereocenters. The van der Waals surface area contributed by atoms with Crippen molar-refractivity contribution < 1.29 is 8.42 Å². The van der Waals surface area contributed by atoms with Crippen LogP contribution in [0.4, 0.5) is 0 Å². The molecule has 3 aromatic rings. The van der Waals surface area contributed by atoms with E-state index < -0.39 is 17.9 Å². The maximum atomic E-state index is 13.1. The summed E-state index contributed by atoms with van der Waals surface area (Å²) in [4.78, 5) is 16.8. The summed E-state index contributed by atoms with van der Waals surface area (Å²) in [5, 5.41) is 0.